The fourth-order valence-corrected chi connectivity index (χ4v) is 3.20. The molecule has 0 aliphatic rings. The lowest BCUT2D eigenvalue weighted by molar-refractivity contribution is -0.139. The van der Waals surface area contributed by atoms with Crippen LogP contribution in [0.15, 0.2) is 30.2 Å². The molecule has 0 saturated heterocycles. The number of carbonyl (C=O) groups is 1. The van der Waals surface area contributed by atoms with Crippen molar-refractivity contribution in [1.29, 1.82) is 0 Å². The first-order valence-corrected chi connectivity index (χ1v) is 11.7. The summed E-state index contributed by atoms with van der Waals surface area (Å²) in [5, 5.41) is 28.9. The zero-order valence-electron chi connectivity index (χ0n) is 22.5. The van der Waals surface area contributed by atoms with Crippen molar-refractivity contribution in [3.8, 4) is 11.3 Å². The number of sulfonamides is 1. The quantitative estimate of drug-likeness (QED) is 0.466. The molecule has 0 aliphatic heterocycles. The van der Waals surface area contributed by atoms with Gasteiger partial charge in [-0.05, 0) is 30.1 Å². The summed E-state index contributed by atoms with van der Waals surface area (Å²) in [4.78, 5) is 19.3. The number of halogens is 1. The van der Waals surface area contributed by atoms with Crippen LogP contribution in [0.3, 0.4) is 0 Å². The highest BCUT2D eigenvalue weighted by atomic mass is 32.2. The van der Waals surface area contributed by atoms with Crippen LogP contribution in [0, 0.1) is 5.82 Å². The predicted octanol–water partition coefficient (Wildman–Crippen LogP) is 2.40. The molecule has 3 N–H and O–H groups in total. The Morgan fingerprint density at radius 3 is 2.36 bits per heavy atom. The van der Waals surface area contributed by atoms with Crippen LogP contribution < -0.4 is 4.31 Å². The Hall–Kier alpha value is -2.89. The number of aliphatic carboxylic acids is 1. The average molecular weight is 486 g/mol. The number of hydrogen-bond acceptors (Lipinski definition) is 7. The maximum atomic E-state index is 14.2. The van der Waals surface area contributed by atoms with E-state index >= 15 is 0 Å². The van der Waals surface area contributed by atoms with Gasteiger partial charge in [0.25, 0.3) is 0 Å². The fourth-order valence-electron chi connectivity index (χ4n) is 2.82. The van der Waals surface area contributed by atoms with Crippen molar-refractivity contribution >= 4 is 28.0 Å². The molecule has 0 spiro atoms. The van der Waals surface area contributed by atoms with E-state index in [0.29, 0.717) is 0 Å². The highest BCUT2D eigenvalue weighted by Gasteiger charge is 2.22. The van der Waals surface area contributed by atoms with Gasteiger partial charge in [0.1, 0.15) is 5.82 Å². The summed E-state index contributed by atoms with van der Waals surface area (Å²) in [6, 6.07) is -3.42. The first-order valence-electron chi connectivity index (χ1n) is 11.8. The van der Waals surface area contributed by atoms with Gasteiger partial charge < -0.3 is 15.3 Å². The predicted molar refractivity (Wildman–Crippen MR) is 123 cm³/mol. The molecule has 2 atom stereocenters. The van der Waals surface area contributed by atoms with Gasteiger partial charge in [0.15, 0.2) is 0 Å². The van der Waals surface area contributed by atoms with Crippen molar-refractivity contribution < 1.29 is 38.4 Å². The fraction of sp³-hybridized carbons (Fsp3) is 0.409. The summed E-state index contributed by atoms with van der Waals surface area (Å²) in [7, 11) is -2.67. The van der Waals surface area contributed by atoms with Crippen LogP contribution in [0.2, 0.25) is 0 Å². The van der Waals surface area contributed by atoms with Crippen LogP contribution in [0.1, 0.15) is 49.3 Å². The summed E-state index contributed by atoms with van der Waals surface area (Å²) in [5.41, 5.74) is -0.342. The van der Waals surface area contributed by atoms with E-state index in [-0.39, 0.29) is 29.3 Å². The highest BCUT2D eigenvalue weighted by molar-refractivity contribution is 7.92. The molecule has 0 amide bonds. The largest absolute Gasteiger partial charge is 0.481 e. The number of aliphatic hydroxyl groups is 2. The molecule has 0 bridgehead atoms. The average Bonchev–Trinajstić information content (AvgIpc) is 2.78. The first-order chi connectivity index (χ1) is 17.0. The Kier molecular flexibility index (Phi) is 6.79. The highest BCUT2D eigenvalue weighted by Crippen LogP contribution is 2.31. The Balaban J connectivity index is 2.87. The Morgan fingerprint density at radius 1 is 1.24 bits per heavy atom. The van der Waals surface area contributed by atoms with Gasteiger partial charge in [0.05, 0.1) is 41.8 Å². The molecule has 33 heavy (non-hydrogen) atoms. The minimum atomic E-state index is -3.86. The number of aliphatic hydroxyl groups excluding tert-OH is 2. The number of rotatable bonds is 10. The first kappa shape index (κ1) is 20.7. The van der Waals surface area contributed by atoms with E-state index in [2.05, 4.69) is 9.97 Å². The van der Waals surface area contributed by atoms with Gasteiger partial charge >= 0.3 is 5.97 Å². The van der Waals surface area contributed by atoms with Crippen molar-refractivity contribution in [2.75, 3.05) is 17.6 Å². The summed E-state index contributed by atoms with van der Waals surface area (Å²) in [6.07, 6.45) is -0.216. The zero-order chi connectivity index (χ0) is 28.4. The van der Waals surface area contributed by atoms with Gasteiger partial charge in [0, 0.05) is 24.6 Å². The molecule has 0 fully saturated rings. The third-order valence-electron chi connectivity index (χ3n) is 4.53. The molecule has 1 aromatic carbocycles. The molecule has 2 unspecified atom stereocenters. The van der Waals surface area contributed by atoms with E-state index in [1.54, 1.807) is 13.8 Å². The third kappa shape index (κ3) is 7.31. The standard InChI is InChI=1S/C22H28FN3O6S/c1-13(2)20-18(10-9-16(27)11-17(28)12-19(29)30)21(14-5-7-15(23)8-6-14)25-22(24-20)26(3)33(4,31)32/h5-10,13,16-17,27-28H,11-12H2,1-4H3,(H,29,30)/i5D,6D,7D,8D. The Morgan fingerprint density at radius 2 is 1.85 bits per heavy atom. The van der Waals surface area contributed by atoms with Crippen molar-refractivity contribution in [2.45, 2.75) is 44.8 Å². The number of carboxylic acids is 1. The van der Waals surface area contributed by atoms with Crippen LogP contribution in [0.4, 0.5) is 10.3 Å². The van der Waals surface area contributed by atoms with Gasteiger partial charge in [0.2, 0.25) is 16.0 Å². The summed E-state index contributed by atoms with van der Waals surface area (Å²) < 4.78 is 71.6. The molecular weight excluding hydrogens is 453 g/mol. The van der Waals surface area contributed by atoms with Gasteiger partial charge in [-0.1, -0.05) is 26.0 Å². The number of carboxylic acid groups (broad SMARTS) is 1. The Bertz CT molecular complexity index is 1310. The number of aromatic nitrogens is 2. The van der Waals surface area contributed by atoms with Gasteiger partial charge in [-0.3, -0.25) is 4.79 Å². The van der Waals surface area contributed by atoms with Crippen molar-refractivity contribution in [3.05, 3.63) is 47.3 Å². The monoisotopic (exact) mass is 485 g/mol. The second kappa shape index (κ2) is 10.8. The van der Waals surface area contributed by atoms with E-state index in [4.69, 9.17) is 10.6 Å². The maximum Gasteiger partial charge on any atom is 0.305 e. The van der Waals surface area contributed by atoms with Crippen LogP contribution in [-0.4, -0.2) is 65.2 Å². The molecule has 0 saturated carbocycles. The Labute approximate surface area is 197 Å². The van der Waals surface area contributed by atoms with Crippen molar-refractivity contribution in [3.63, 3.8) is 0 Å². The molecule has 1 heterocycles. The lowest BCUT2D eigenvalue weighted by Crippen LogP contribution is -2.27. The topological polar surface area (TPSA) is 141 Å². The molecule has 0 radical (unpaired) electrons. The second-order valence-corrected chi connectivity index (χ2v) is 9.67. The number of hydrogen-bond donors (Lipinski definition) is 3. The van der Waals surface area contributed by atoms with Crippen LogP contribution in [0.25, 0.3) is 17.3 Å². The number of anilines is 1. The lowest BCUT2D eigenvalue weighted by atomic mass is 9.97. The number of nitrogens with zero attached hydrogens (tertiary/aromatic N) is 3. The molecule has 2 aromatic rings. The molecule has 2 rings (SSSR count). The van der Waals surface area contributed by atoms with Crippen LogP contribution in [-0.2, 0) is 14.8 Å². The van der Waals surface area contributed by atoms with E-state index in [0.717, 1.165) is 10.6 Å². The van der Waals surface area contributed by atoms with Crippen molar-refractivity contribution in [1.82, 2.24) is 9.97 Å². The smallest absolute Gasteiger partial charge is 0.305 e. The molecule has 11 heteroatoms. The maximum absolute atomic E-state index is 14.2. The summed E-state index contributed by atoms with van der Waals surface area (Å²) in [6.45, 7) is 3.42. The minimum Gasteiger partial charge on any atom is -0.481 e. The summed E-state index contributed by atoms with van der Waals surface area (Å²) in [5.74, 6) is -3.37. The van der Waals surface area contributed by atoms with Crippen molar-refractivity contribution in [2.24, 2.45) is 0 Å². The molecule has 1 aromatic heterocycles. The van der Waals surface area contributed by atoms with Crippen LogP contribution in [0.5, 0.6) is 0 Å². The zero-order valence-corrected chi connectivity index (χ0v) is 19.3. The normalized spacial score (nSPS) is 15.6. The molecule has 180 valence electrons. The molecule has 0 aliphatic carbocycles. The minimum absolute atomic E-state index is 0.0971. The van der Waals surface area contributed by atoms with Gasteiger partial charge in [-0.25, -0.2) is 27.1 Å². The summed E-state index contributed by atoms with van der Waals surface area (Å²) >= 11 is 0. The lowest BCUT2D eigenvalue weighted by Gasteiger charge is -2.20. The van der Waals surface area contributed by atoms with Crippen LogP contribution >= 0.6 is 0 Å². The van der Waals surface area contributed by atoms with E-state index in [1.165, 1.54) is 19.2 Å². The van der Waals surface area contributed by atoms with Gasteiger partial charge in [-0.2, -0.15) is 0 Å². The van der Waals surface area contributed by atoms with E-state index in [1.807, 2.05) is 0 Å². The number of benzene rings is 1. The molecule has 9 nitrogen and oxygen atoms in total. The van der Waals surface area contributed by atoms with Gasteiger partial charge in [-0.15, -0.1) is 0 Å². The second-order valence-electron chi connectivity index (χ2n) is 7.66. The molecular formula is C22H28FN3O6S. The SMILES string of the molecule is [2H]c1c([2H])c(-c2nc(N(C)S(C)(=O)=O)nc(C(C)C)c2C=CC(O)CC(O)CC(=O)O)c([2H])c([2H])c1F. The van der Waals surface area contributed by atoms with E-state index in [9.17, 15) is 27.8 Å². The third-order valence-corrected chi connectivity index (χ3v) is 5.69. The van der Waals surface area contributed by atoms with E-state index < -0.39 is 76.1 Å².